The van der Waals surface area contributed by atoms with Crippen molar-refractivity contribution < 1.29 is 28.2 Å². The molecule has 0 saturated heterocycles. The number of halogens is 1. The molecule has 34 heavy (non-hydrogen) atoms. The predicted octanol–water partition coefficient (Wildman–Crippen LogP) is 4.83. The van der Waals surface area contributed by atoms with Crippen LogP contribution in [0.4, 0.5) is 9.18 Å². The van der Waals surface area contributed by atoms with E-state index in [2.05, 4.69) is 5.32 Å². The number of hydrogen-bond donors (Lipinski definition) is 1. The van der Waals surface area contributed by atoms with Crippen molar-refractivity contribution in [2.75, 3.05) is 7.05 Å². The highest BCUT2D eigenvalue weighted by molar-refractivity contribution is 5.90. The van der Waals surface area contributed by atoms with Gasteiger partial charge in [-0.3, -0.25) is 4.79 Å². The van der Waals surface area contributed by atoms with Crippen molar-refractivity contribution in [3.05, 3.63) is 71.0 Å². The van der Waals surface area contributed by atoms with Crippen LogP contribution in [0.15, 0.2) is 48.5 Å². The molecule has 0 radical (unpaired) electrons. The molecule has 0 spiro atoms. The topological polar surface area (TPSA) is 84.9 Å². The lowest BCUT2D eigenvalue weighted by Gasteiger charge is -2.25. The maximum atomic E-state index is 14.4. The molecule has 0 fully saturated rings. The minimum atomic E-state index is -0.824. The molecule has 1 atom stereocenters. The van der Waals surface area contributed by atoms with Gasteiger partial charge >= 0.3 is 12.1 Å². The van der Waals surface area contributed by atoms with Crippen LogP contribution in [0, 0.1) is 5.82 Å². The number of carbonyl (C=O) groups is 3. The third-order valence-corrected chi connectivity index (χ3v) is 4.84. The largest absolute Gasteiger partial charge is 0.456 e. The summed E-state index contributed by atoms with van der Waals surface area (Å²) in [4.78, 5) is 38.9. The second kappa shape index (κ2) is 12.2. The molecule has 1 N–H and O–H groups in total. The average molecular weight is 473 g/mol. The molecule has 2 aromatic carbocycles. The summed E-state index contributed by atoms with van der Waals surface area (Å²) >= 11 is 0. The van der Waals surface area contributed by atoms with E-state index in [1.54, 1.807) is 20.8 Å². The fourth-order valence-electron chi connectivity index (χ4n) is 3.21. The first-order chi connectivity index (χ1) is 16.0. The number of alkyl carbamates (subject to hydrolysis) is 1. The van der Waals surface area contributed by atoms with Gasteiger partial charge in [0.1, 0.15) is 24.1 Å². The first-order valence-electron chi connectivity index (χ1n) is 11.2. The summed E-state index contributed by atoms with van der Waals surface area (Å²) in [6.45, 7) is 7.12. The molecule has 0 aromatic heterocycles. The van der Waals surface area contributed by atoms with Gasteiger partial charge in [-0.15, -0.1) is 0 Å². The molecule has 2 amide bonds. The van der Waals surface area contributed by atoms with Crippen molar-refractivity contribution in [2.24, 2.45) is 0 Å². The Bertz CT molecular complexity index is 988. The Morgan fingerprint density at radius 1 is 1.09 bits per heavy atom. The minimum Gasteiger partial charge on any atom is -0.456 e. The Kier molecular flexibility index (Phi) is 9.59. The summed E-state index contributed by atoms with van der Waals surface area (Å²) in [5.74, 6) is -1.51. The fraction of sp³-hybridized carbons (Fsp3) is 0.423. The molecular weight excluding hydrogens is 439 g/mol. The van der Waals surface area contributed by atoms with E-state index in [4.69, 9.17) is 9.47 Å². The smallest absolute Gasteiger partial charge is 0.408 e. The van der Waals surface area contributed by atoms with Gasteiger partial charge in [-0.25, -0.2) is 14.0 Å². The van der Waals surface area contributed by atoms with Crippen molar-refractivity contribution >= 4 is 18.0 Å². The molecule has 2 aromatic rings. The Balaban J connectivity index is 2.04. The van der Waals surface area contributed by atoms with Gasteiger partial charge in [0.25, 0.3) is 0 Å². The molecule has 7 nitrogen and oxygen atoms in total. The van der Waals surface area contributed by atoms with Crippen LogP contribution in [0.5, 0.6) is 0 Å². The molecule has 0 aliphatic heterocycles. The Hall–Kier alpha value is -3.42. The highest BCUT2D eigenvalue weighted by Crippen LogP contribution is 2.17. The number of ether oxygens (including phenoxy) is 2. The number of nitrogens with zero attached hydrogens (tertiary/aromatic N) is 1. The van der Waals surface area contributed by atoms with Gasteiger partial charge in [-0.1, -0.05) is 43.7 Å². The summed E-state index contributed by atoms with van der Waals surface area (Å²) in [5, 5.41) is 2.60. The third kappa shape index (κ3) is 8.50. The summed E-state index contributed by atoms with van der Waals surface area (Å²) in [5.41, 5.74) is 0.501. The van der Waals surface area contributed by atoms with Gasteiger partial charge in [0.15, 0.2) is 0 Å². The first kappa shape index (κ1) is 26.8. The predicted molar refractivity (Wildman–Crippen MR) is 127 cm³/mol. The van der Waals surface area contributed by atoms with Gasteiger partial charge in [0.05, 0.1) is 5.56 Å². The van der Waals surface area contributed by atoms with E-state index in [0.29, 0.717) is 12.8 Å². The molecular formula is C26H33FN2O5. The number of rotatable bonds is 9. The van der Waals surface area contributed by atoms with E-state index in [0.717, 1.165) is 5.56 Å². The van der Waals surface area contributed by atoms with Crippen LogP contribution >= 0.6 is 0 Å². The fourth-order valence-corrected chi connectivity index (χ4v) is 3.21. The second-order valence-corrected chi connectivity index (χ2v) is 9.05. The maximum absolute atomic E-state index is 14.4. The van der Waals surface area contributed by atoms with Crippen LogP contribution in [-0.4, -0.2) is 41.6 Å². The molecule has 0 unspecified atom stereocenters. The number of likely N-dealkylation sites (N-methyl/N-ethyl adjacent to an activating group) is 1. The number of hydrogen-bond acceptors (Lipinski definition) is 5. The lowest BCUT2D eigenvalue weighted by atomic mass is 10.1. The third-order valence-electron chi connectivity index (χ3n) is 4.84. The van der Waals surface area contributed by atoms with Crippen molar-refractivity contribution in [3.8, 4) is 0 Å². The lowest BCUT2D eigenvalue weighted by Crippen LogP contribution is -2.47. The number of carbonyl (C=O) groups excluding carboxylic acids is 3. The van der Waals surface area contributed by atoms with Crippen molar-refractivity contribution in [2.45, 2.75) is 65.3 Å². The van der Waals surface area contributed by atoms with Gasteiger partial charge in [-0.2, -0.15) is 0 Å². The standard InChI is InChI=1S/C26H33FN2O5/c1-6-10-22(28-25(32)33-17-18-11-8-7-9-12-18)23(30)29(5)16-20-15-19(13-14-21(20)27)24(31)34-26(2,3)4/h7-9,11-15,22H,6,10,16-17H2,1-5H3,(H,28,32)/t22-/m0/s1. The summed E-state index contributed by atoms with van der Waals surface area (Å²) in [7, 11) is 1.52. The van der Waals surface area contributed by atoms with E-state index < -0.39 is 29.5 Å². The maximum Gasteiger partial charge on any atom is 0.408 e. The summed E-state index contributed by atoms with van der Waals surface area (Å²) in [6, 6.07) is 12.3. The normalized spacial score (nSPS) is 11.9. The van der Waals surface area contributed by atoms with Crippen LogP contribution in [-0.2, 0) is 27.4 Å². The van der Waals surface area contributed by atoms with E-state index in [1.165, 1.54) is 30.1 Å². The van der Waals surface area contributed by atoms with Gasteiger partial charge in [0.2, 0.25) is 5.91 Å². The highest BCUT2D eigenvalue weighted by Gasteiger charge is 2.25. The Labute approximate surface area is 200 Å². The molecule has 0 bridgehead atoms. The van der Waals surface area contributed by atoms with E-state index in [-0.39, 0.29) is 30.2 Å². The SMILES string of the molecule is CCC[C@H](NC(=O)OCc1ccccc1)C(=O)N(C)Cc1cc(C(=O)OC(C)(C)C)ccc1F. The molecule has 8 heteroatoms. The molecule has 184 valence electrons. The van der Waals surface area contributed by atoms with Crippen LogP contribution in [0.25, 0.3) is 0 Å². The molecule has 0 saturated carbocycles. The molecule has 0 aliphatic carbocycles. The number of benzene rings is 2. The van der Waals surface area contributed by atoms with Gasteiger partial charge in [0, 0.05) is 19.2 Å². The molecule has 0 heterocycles. The zero-order valence-electron chi connectivity index (χ0n) is 20.4. The number of nitrogens with one attached hydrogen (secondary N) is 1. The minimum absolute atomic E-state index is 0.0811. The summed E-state index contributed by atoms with van der Waals surface area (Å²) in [6.07, 6.45) is 0.331. The zero-order chi connectivity index (χ0) is 25.3. The van der Waals surface area contributed by atoms with E-state index in [1.807, 2.05) is 37.3 Å². The van der Waals surface area contributed by atoms with Crippen molar-refractivity contribution in [1.29, 1.82) is 0 Å². The molecule has 0 aliphatic rings. The summed E-state index contributed by atoms with van der Waals surface area (Å²) < 4.78 is 25.0. The quantitative estimate of drug-likeness (QED) is 0.528. The lowest BCUT2D eigenvalue weighted by molar-refractivity contribution is -0.132. The average Bonchev–Trinajstić information content (AvgIpc) is 2.77. The monoisotopic (exact) mass is 472 g/mol. The van der Waals surface area contributed by atoms with Crippen molar-refractivity contribution in [1.82, 2.24) is 10.2 Å². The van der Waals surface area contributed by atoms with Crippen LogP contribution in [0.1, 0.15) is 62.0 Å². The van der Waals surface area contributed by atoms with Crippen molar-refractivity contribution in [3.63, 3.8) is 0 Å². The van der Waals surface area contributed by atoms with E-state index in [9.17, 15) is 18.8 Å². The molecule has 2 rings (SSSR count). The number of amides is 2. The van der Waals surface area contributed by atoms with E-state index >= 15 is 0 Å². The second-order valence-electron chi connectivity index (χ2n) is 9.05. The first-order valence-corrected chi connectivity index (χ1v) is 11.2. The zero-order valence-corrected chi connectivity index (χ0v) is 20.4. The number of esters is 1. The van der Waals surface area contributed by atoms with Crippen LogP contribution in [0.3, 0.4) is 0 Å². The highest BCUT2D eigenvalue weighted by atomic mass is 19.1. The van der Waals surface area contributed by atoms with Gasteiger partial charge < -0.3 is 19.7 Å². The van der Waals surface area contributed by atoms with Crippen LogP contribution in [0.2, 0.25) is 0 Å². The Morgan fingerprint density at radius 3 is 2.38 bits per heavy atom. The Morgan fingerprint density at radius 2 is 1.76 bits per heavy atom. The van der Waals surface area contributed by atoms with Crippen LogP contribution < -0.4 is 5.32 Å². The van der Waals surface area contributed by atoms with Gasteiger partial charge in [-0.05, 0) is 51.0 Å².